The fourth-order valence-electron chi connectivity index (χ4n) is 1.23. The molecule has 4 heteroatoms. The van der Waals surface area contributed by atoms with Gasteiger partial charge >= 0.3 is 5.97 Å². The van der Waals surface area contributed by atoms with Crippen LogP contribution in [-0.4, -0.2) is 5.97 Å². The molecule has 0 amide bonds. The Morgan fingerprint density at radius 1 is 1.38 bits per heavy atom. The van der Waals surface area contributed by atoms with Gasteiger partial charge in [0.2, 0.25) is 5.76 Å². The van der Waals surface area contributed by atoms with Gasteiger partial charge in [-0.2, -0.15) is 0 Å². The molecule has 0 atom stereocenters. The second-order valence-corrected chi connectivity index (χ2v) is 3.69. The van der Waals surface area contributed by atoms with Crippen molar-refractivity contribution in [2.75, 3.05) is 0 Å². The molecular formula is C12H9ClO3. The highest BCUT2D eigenvalue weighted by atomic mass is 35.5. The highest BCUT2D eigenvalue weighted by Crippen LogP contribution is 2.21. The van der Waals surface area contributed by atoms with Crippen molar-refractivity contribution >= 4 is 17.6 Å². The Morgan fingerprint density at radius 3 is 2.81 bits per heavy atom. The summed E-state index contributed by atoms with van der Waals surface area (Å²) in [4.78, 5) is 11.5. The number of rotatable bonds is 2. The number of carbonyl (C=O) groups excluding carboxylic acids is 1. The lowest BCUT2D eigenvalue weighted by Gasteiger charge is -2.04. The third kappa shape index (κ3) is 2.25. The van der Waals surface area contributed by atoms with Gasteiger partial charge in [-0.05, 0) is 42.8 Å². The molecule has 0 unspecified atom stereocenters. The van der Waals surface area contributed by atoms with Crippen molar-refractivity contribution in [2.24, 2.45) is 0 Å². The molecule has 82 valence electrons. The Balaban J connectivity index is 2.15. The van der Waals surface area contributed by atoms with Crippen molar-refractivity contribution in [1.29, 1.82) is 0 Å². The fraction of sp³-hybridized carbons (Fsp3) is 0.0833. The SMILES string of the molecule is Cc1cc(OC(=O)c2ccco2)ccc1Cl. The van der Waals surface area contributed by atoms with Gasteiger partial charge in [-0.15, -0.1) is 0 Å². The third-order valence-electron chi connectivity index (χ3n) is 2.06. The van der Waals surface area contributed by atoms with Crippen molar-refractivity contribution in [1.82, 2.24) is 0 Å². The Labute approximate surface area is 97.6 Å². The fourth-order valence-corrected chi connectivity index (χ4v) is 1.35. The predicted octanol–water partition coefficient (Wildman–Crippen LogP) is 3.46. The number of benzene rings is 1. The van der Waals surface area contributed by atoms with E-state index in [9.17, 15) is 4.79 Å². The highest BCUT2D eigenvalue weighted by molar-refractivity contribution is 6.31. The molecule has 0 aliphatic heterocycles. The number of carbonyl (C=O) groups is 1. The molecule has 0 saturated heterocycles. The highest BCUT2D eigenvalue weighted by Gasteiger charge is 2.11. The van der Waals surface area contributed by atoms with Gasteiger partial charge in [0, 0.05) is 5.02 Å². The van der Waals surface area contributed by atoms with Gasteiger partial charge in [-0.3, -0.25) is 0 Å². The average Bonchev–Trinajstić information content (AvgIpc) is 2.77. The molecule has 16 heavy (non-hydrogen) atoms. The first-order chi connectivity index (χ1) is 7.66. The first-order valence-corrected chi connectivity index (χ1v) is 5.06. The second-order valence-electron chi connectivity index (χ2n) is 3.28. The van der Waals surface area contributed by atoms with Crippen molar-refractivity contribution in [2.45, 2.75) is 6.92 Å². The molecule has 0 aliphatic carbocycles. The van der Waals surface area contributed by atoms with Crippen LogP contribution in [0.25, 0.3) is 0 Å². The zero-order valence-corrected chi connectivity index (χ0v) is 9.32. The molecule has 1 heterocycles. The van der Waals surface area contributed by atoms with E-state index in [2.05, 4.69) is 0 Å². The van der Waals surface area contributed by atoms with Gasteiger partial charge in [0.25, 0.3) is 0 Å². The first kappa shape index (κ1) is 10.8. The van der Waals surface area contributed by atoms with E-state index in [1.54, 1.807) is 30.3 Å². The largest absolute Gasteiger partial charge is 0.457 e. The number of esters is 1. The van der Waals surface area contributed by atoms with E-state index in [0.29, 0.717) is 10.8 Å². The summed E-state index contributed by atoms with van der Waals surface area (Å²) in [6, 6.07) is 8.19. The quantitative estimate of drug-likeness (QED) is 0.592. The van der Waals surface area contributed by atoms with Crippen LogP contribution < -0.4 is 4.74 Å². The van der Waals surface area contributed by atoms with E-state index < -0.39 is 5.97 Å². The summed E-state index contributed by atoms with van der Waals surface area (Å²) in [5, 5.41) is 0.637. The van der Waals surface area contributed by atoms with Crippen molar-refractivity contribution < 1.29 is 13.9 Å². The van der Waals surface area contributed by atoms with Gasteiger partial charge in [0.15, 0.2) is 0 Å². The van der Waals surface area contributed by atoms with E-state index in [1.807, 2.05) is 6.92 Å². The van der Waals surface area contributed by atoms with Crippen LogP contribution in [0.5, 0.6) is 5.75 Å². The molecule has 0 aliphatic rings. The lowest BCUT2D eigenvalue weighted by Crippen LogP contribution is -2.07. The molecule has 1 aromatic carbocycles. The van der Waals surface area contributed by atoms with Crippen molar-refractivity contribution in [3.05, 3.63) is 52.9 Å². The van der Waals surface area contributed by atoms with Crippen LogP contribution in [0.4, 0.5) is 0 Å². The molecule has 0 radical (unpaired) electrons. The van der Waals surface area contributed by atoms with E-state index in [1.165, 1.54) is 6.26 Å². The summed E-state index contributed by atoms with van der Waals surface area (Å²) in [6.07, 6.45) is 1.42. The van der Waals surface area contributed by atoms with Gasteiger partial charge in [0.05, 0.1) is 6.26 Å². The molecule has 0 N–H and O–H groups in total. The lowest BCUT2D eigenvalue weighted by atomic mass is 10.2. The zero-order valence-electron chi connectivity index (χ0n) is 8.57. The number of halogens is 1. The lowest BCUT2D eigenvalue weighted by molar-refractivity contribution is 0.0701. The summed E-state index contributed by atoms with van der Waals surface area (Å²) in [5.41, 5.74) is 0.853. The maximum Gasteiger partial charge on any atom is 0.379 e. The third-order valence-corrected chi connectivity index (χ3v) is 2.49. The normalized spacial score (nSPS) is 10.1. The summed E-state index contributed by atoms with van der Waals surface area (Å²) in [5.74, 6) is 0.0997. The summed E-state index contributed by atoms with van der Waals surface area (Å²) < 4.78 is 10.0. The number of hydrogen-bond acceptors (Lipinski definition) is 3. The number of furan rings is 1. The molecule has 0 bridgehead atoms. The molecular weight excluding hydrogens is 228 g/mol. The monoisotopic (exact) mass is 236 g/mol. The van der Waals surface area contributed by atoms with Crippen LogP contribution in [0.3, 0.4) is 0 Å². The molecule has 3 nitrogen and oxygen atoms in total. The van der Waals surface area contributed by atoms with E-state index in [0.717, 1.165) is 5.56 Å². The van der Waals surface area contributed by atoms with Crippen molar-refractivity contribution in [3.63, 3.8) is 0 Å². The second kappa shape index (κ2) is 4.41. The summed E-state index contributed by atoms with van der Waals surface area (Å²) in [6.45, 7) is 1.84. The van der Waals surface area contributed by atoms with Crippen LogP contribution in [-0.2, 0) is 0 Å². The maximum atomic E-state index is 11.5. The molecule has 0 spiro atoms. The summed E-state index contributed by atoms with van der Waals surface area (Å²) >= 11 is 5.86. The van der Waals surface area contributed by atoms with E-state index in [4.69, 9.17) is 20.8 Å². The van der Waals surface area contributed by atoms with Crippen LogP contribution in [0, 0.1) is 6.92 Å². The predicted molar refractivity (Wildman–Crippen MR) is 59.9 cm³/mol. The van der Waals surface area contributed by atoms with Gasteiger partial charge < -0.3 is 9.15 Å². The Bertz CT molecular complexity index is 503. The topological polar surface area (TPSA) is 39.4 Å². The maximum absolute atomic E-state index is 11.5. The number of aryl methyl sites for hydroxylation is 1. The standard InChI is InChI=1S/C12H9ClO3/c1-8-7-9(4-5-10(8)13)16-12(14)11-3-2-6-15-11/h2-7H,1H3. The van der Waals surface area contributed by atoms with E-state index >= 15 is 0 Å². The Morgan fingerprint density at radius 2 is 2.19 bits per heavy atom. The Kier molecular flexibility index (Phi) is 2.97. The molecule has 0 saturated carbocycles. The molecule has 2 aromatic rings. The minimum Gasteiger partial charge on any atom is -0.457 e. The number of ether oxygens (including phenoxy) is 1. The summed E-state index contributed by atoms with van der Waals surface area (Å²) in [7, 11) is 0. The van der Waals surface area contributed by atoms with Crippen molar-refractivity contribution in [3.8, 4) is 5.75 Å². The van der Waals surface area contributed by atoms with Crippen LogP contribution in [0.2, 0.25) is 5.02 Å². The van der Waals surface area contributed by atoms with Gasteiger partial charge in [-0.25, -0.2) is 4.79 Å². The zero-order chi connectivity index (χ0) is 11.5. The Hall–Kier alpha value is -1.74. The van der Waals surface area contributed by atoms with E-state index in [-0.39, 0.29) is 5.76 Å². The van der Waals surface area contributed by atoms with Crippen LogP contribution in [0.15, 0.2) is 41.0 Å². The van der Waals surface area contributed by atoms with Gasteiger partial charge in [0.1, 0.15) is 5.75 Å². The molecule has 2 rings (SSSR count). The number of hydrogen-bond donors (Lipinski definition) is 0. The minimum absolute atomic E-state index is 0.174. The average molecular weight is 237 g/mol. The molecule has 1 aromatic heterocycles. The van der Waals surface area contributed by atoms with Crippen LogP contribution >= 0.6 is 11.6 Å². The minimum atomic E-state index is -0.522. The molecule has 0 fully saturated rings. The first-order valence-electron chi connectivity index (χ1n) is 4.68. The van der Waals surface area contributed by atoms with Gasteiger partial charge in [-0.1, -0.05) is 11.6 Å². The van der Waals surface area contributed by atoms with Crippen LogP contribution in [0.1, 0.15) is 16.1 Å². The smallest absolute Gasteiger partial charge is 0.379 e.